The first-order valence-electron chi connectivity index (χ1n) is 7.89. The molecular formula is C19H26N2O. The molecule has 0 bridgehead atoms. The van der Waals surface area contributed by atoms with E-state index in [9.17, 15) is 0 Å². The van der Waals surface area contributed by atoms with Crippen molar-refractivity contribution in [2.75, 3.05) is 25.6 Å². The fourth-order valence-corrected chi connectivity index (χ4v) is 2.67. The molecule has 0 radical (unpaired) electrons. The Morgan fingerprint density at radius 2 is 1.91 bits per heavy atom. The van der Waals surface area contributed by atoms with Crippen LogP contribution in [0, 0.1) is 0 Å². The first-order chi connectivity index (χ1) is 10.7. The van der Waals surface area contributed by atoms with Crippen LogP contribution in [0.25, 0.3) is 5.57 Å². The van der Waals surface area contributed by atoms with E-state index in [-0.39, 0.29) is 0 Å². The minimum absolute atomic E-state index is 0.519. The summed E-state index contributed by atoms with van der Waals surface area (Å²) in [6.45, 7) is 9.90. The first kappa shape index (κ1) is 16.5. The fourth-order valence-electron chi connectivity index (χ4n) is 2.67. The molecule has 1 aliphatic heterocycles. The first-order valence-corrected chi connectivity index (χ1v) is 7.89. The van der Waals surface area contributed by atoms with Crippen molar-refractivity contribution in [3.63, 3.8) is 0 Å². The lowest BCUT2D eigenvalue weighted by atomic mass is 9.95. The summed E-state index contributed by atoms with van der Waals surface area (Å²) >= 11 is 0. The summed E-state index contributed by atoms with van der Waals surface area (Å²) in [6, 6.07) is 9.08. The highest BCUT2D eigenvalue weighted by Gasteiger charge is 2.13. The van der Waals surface area contributed by atoms with E-state index in [2.05, 4.69) is 47.2 Å². The van der Waals surface area contributed by atoms with E-state index in [0.717, 1.165) is 48.6 Å². The molecule has 0 amide bonds. The topological polar surface area (TPSA) is 33.6 Å². The number of benzene rings is 1. The molecule has 0 spiro atoms. The monoisotopic (exact) mass is 298 g/mol. The zero-order valence-corrected chi connectivity index (χ0v) is 13.9. The number of rotatable bonds is 5. The summed E-state index contributed by atoms with van der Waals surface area (Å²) in [6.07, 6.45) is 4.24. The van der Waals surface area contributed by atoms with E-state index in [1.54, 1.807) is 7.05 Å². The number of allylic oxidation sites excluding steroid dienone is 3. The summed E-state index contributed by atoms with van der Waals surface area (Å²) in [5.74, 6) is 0. The van der Waals surface area contributed by atoms with Gasteiger partial charge in [0, 0.05) is 37.7 Å². The van der Waals surface area contributed by atoms with Crippen molar-refractivity contribution in [3.05, 3.63) is 48.1 Å². The molecule has 0 unspecified atom stereocenters. The minimum atomic E-state index is 0.519. The van der Waals surface area contributed by atoms with E-state index < -0.39 is 0 Å². The number of hydrogen-bond acceptors (Lipinski definition) is 3. The van der Waals surface area contributed by atoms with Gasteiger partial charge in [0.1, 0.15) is 0 Å². The molecular weight excluding hydrogens is 272 g/mol. The standard InChI is InChI=1S/C19H26N2O/c1-5-19(14(2)15(3)20-4)16-6-8-17(9-7-16)21-18-10-12-22-13-11-18/h5-9,18,21H,2,10-13H2,1,3-4H3/b19-5+,20-15-. The fraction of sp³-hybridized carbons (Fsp3) is 0.421. The third kappa shape index (κ3) is 4.08. The highest BCUT2D eigenvalue weighted by atomic mass is 16.5. The normalized spacial score (nSPS) is 17.4. The molecule has 1 aromatic rings. The van der Waals surface area contributed by atoms with E-state index in [1.807, 2.05) is 13.8 Å². The molecule has 118 valence electrons. The van der Waals surface area contributed by atoms with Crippen molar-refractivity contribution in [2.24, 2.45) is 4.99 Å². The number of anilines is 1. The van der Waals surface area contributed by atoms with Crippen molar-refractivity contribution in [2.45, 2.75) is 32.7 Å². The largest absolute Gasteiger partial charge is 0.382 e. The highest BCUT2D eigenvalue weighted by Crippen LogP contribution is 2.25. The summed E-state index contributed by atoms with van der Waals surface area (Å²) in [4.78, 5) is 4.23. The zero-order valence-electron chi connectivity index (χ0n) is 13.9. The molecule has 3 nitrogen and oxygen atoms in total. The van der Waals surface area contributed by atoms with Gasteiger partial charge in [-0.25, -0.2) is 0 Å². The Kier molecular flexibility index (Phi) is 5.96. The van der Waals surface area contributed by atoms with Crippen LogP contribution in [-0.4, -0.2) is 32.0 Å². The van der Waals surface area contributed by atoms with Gasteiger partial charge in [-0.05, 0) is 55.5 Å². The quantitative estimate of drug-likeness (QED) is 0.648. The van der Waals surface area contributed by atoms with E-state index in [1.165, 1.54) is 5.56 Å². The Morgan fingerprint density at radius 3 is 2.45 bits per heavy atom. The maximum Gasteiger partial charge on any atom is 0.0485 e. The Bertz CT molecular complexity index is 564. The van der Waals surface area contributed by atoms with Gasteiger partial charge in [0.2, 0.25) is 0 Å². The van der Waals surface area contributed by atoms with Crippen LogP contribution in [0.1, 0.15) is 32.3 Å². The van der Waals surface area contributed by atoms with Crippen LogP contribution in [0.2, 0.25) is 0 Å². The SMILES string of the molecule is C=C(/C(=C\C)c1ccc(NC2CCOCC2)cc1)/C(C)=N\C. The van der Waals surface area contributed by atoms with Crippen LogP contribution >= 0.6 is 0 Å². The summed E-state index contributed by atoms with van der Waals surface area (Å²) < 4.78 is 5.39. The van der Waals surface area contributed by atoms with Crippen molar-refractivity contribution < 1.29 is 4.74 Å². The molecule has 1 aromatic carbocycles. The molecule has 0 aromatic heterocycles. The number of hydrogen-bond donors (Lipinski definition) is 1. The molecule has 1 N–H and O–H groups in total. The average molecular weight is 298 g/mol. The molecule has 0 saturated carbocycles. The van der Waals surface area contributed by atoms with E-state index in [0.29, 0.717) is 6.04 Å². The lowest BCUT2D eigenvalue weighted by molar-refractivity contribution is 0.0904. The molecule has 22 heavy (non-hydrogen) atoms. The molecule has 0 aliphatic carbocycles. The van der Waals surface area contributed by atoms with Gasteiger partial charge in [-0.1, -0.05) is 24.8 Å². The van der Waals surface area contributed by atoms with Crippen LogP contribution in [0.15, 0.2) is 47.5 Å². The number of ether oxygens (including phenoxy) is 1. The van der Waals surface area contributed by atoms with E-state index >= 15 is 0 Å². The van der Waals surface area contributed by atoms with Crippen molar-refractivity contribution in [3.8, 4) is 0 Å². The minimum Gasteiger partial charge on any atom is -0.382 e. The summed E-state index contributed by atoms with van der Waals surface area (Å²) in [5, 5.41) is 3.58. The summed E-state index contributed by atoms with van der Waals surface area (Å²) in [5.41, 5.74) is 5.43. The predicted octanol–water partition coefficient (Wildman–Crippen LogP) is 4.33. The lowest BCUT2D eigenvalue weighted by Gasteiger charge is -2.24. The lowest BCUT2D eigenvalue weighted by Crippen LogP contribution is -2.27. The van der Waals surface area contributed by atoms with Gasteiger partial charge in [-0.3, -0.25) is 4.99 Å². The predicted molar refractivity (Wildman–Crippen MR) is 95.7 cm³/mol. The number of nitrogens with one attached hydrogen (secondary N) is 1. The Hall–Kier alpha value is -1.87. The molecule has 1 fully saturated rings. The molecule has 2 rings (SSSR count). The van der Waals surface area contributed by atoms with Crippen LogP contribution in [0.3, 0.4) is 0 Å². The summed E-state index contributed by atoms with van der Waals surface area (Å²) in [7, 11) is 1.80. The Labute approximate surface area is 133 Å². The smallest absolute Gasteiger partial charge is 0.0485 e. The Balaban J connectivity index is 2.08. The van der Waals surface area contributed by atoms with Crippen LogP contribution in [0.5, 0.6) is 0 Å². The molecule has 1 heterocycles. The van der Waals surface area contributed by atoms with Crippen molar-refractivity contribution in [1.82, 2.24) is 0 Å². The number of nitrogens with zero attached hydrogens (tertiary/aromatic N) is 1. The van der Waals surface area contributed by atoms with Crippen molar-refractivity contribution >= 4 is 17.0 Å². The van der Waals surface area contributed by atoms with Gasteiger partial charge in [0.15, 0.2) is 0 Å². The van der Waals surface area contributed by atoms with Crippen LogP contribution in [0.4, 0.5) is 5.69 Å². The van der Waals surface area contributed by atoms with Gasteiger partial charge in [-0.15, -0.1) is 0 Å². The third-order valence-corrected chi connectivity index (χ3v) is 4.17. The molecule has 3 heteroatoms. The maximum absolute atomic E-state index is 5.39. The third-order valence-electron chi connectivity index (χ3n) is 4.17. The average Bonchev–Trinajstić information content (AvgIpc) is 2.57. The second-order valence-corrected chi connectivity index (χ2v) is 5.60. The number of aliphatic imine (C=N–C) groups is 1. The van der Waals surface area contributed by atoms with Gasteiger partial charge in [0.25, 0.3) is 0 Å². The van der Waals surface area contributed by atoms with Gasteiger partial charge < -0.3 is 10.1 Å². The van der Waals surface area contributed by atoms with Crippen molar-refractivity contribution in [1.29, 1.82) is 0 Å². The van der Waals surface area contributed by atoms with Crippen LogP contribution < -0.4 is 5.32 Å². The second kappa shape index (κ2) is 7.95. The Morgan fingerprint density at radius 1 is 1.27 bits per heavy atom. The highest BCUT2D eigenvalue weighted by molar-refractivity contribution is 6.11. The van der Waals surface area contributed by atoms with Gasteiger partial charge in [0.05, 0.1) is 0 Å². The van der Waals surface area contributed by atoms with E-state index in [4.69, 9.17) is 4.74 Å². The van der Waals surface area contributed by atoms with Gasteiger partial charge in [-0.2, -0.15) is 0 Å². The zero-order chi connectivity index (χ0) is 15.9. The maximum atomic E-state index is 5.39. The second-order valence-electron chi connectivity index (χ2n) is 5.60. The molecule has 1 saturated heterocycles. The molecule has 0 atom stereocenters. The van der Waals surface area contributed by atoms with Gasteiger partial charge >= 0.3 is 0 Å². The molecule has 1 aliphatic rings. The van der Waals surface area contributed by atoms with Crippen LogP contribution in [-0.2, 0) is 4.74 Å².